The third-order valence-electron chi connectivity index (χ3n) is 5.12. The molecule has 1 aliphatic rings. The molecule has 4 N–H and O–H groups in total. The summed E-state index contributed by atoms with van der Waals surface area (Å²) < 4.78 is 0. The fraction of sp³-hybridized carbons (Fsp3) is 0.348. The largest absolute Gasteiger partial charge is 0.397 e. The highest BCUT2D eigenvalue weighted by molar-refractivity contribution is 7.16. The van der Waals surface area contributed by atoms with Gasteiger partial charge in [0.15, 0.2) is 5.13 Å². The Morgan fingerprint density at radius 1 is 1.28 bits per heavy atom. The molecule has 1 fully saturated rings. The Morgan fingerprint density at radius 2 is 1.97 bits per heavy atom. The first-order chi connectivity index (χ1) is 15.4. The summed E-state index contributed by atoms with van der Waals surface area (Å²) >= 11 is 1.53. The number of nitrogens with two attached hydrogens (primary N) is 1. The predicted molar refractivity (Wildman–Crippen MR) is 135 cm³/mol. The van der Waals surface area contributed by atoms with Gasteiger partial charge in [-0.25, -0.2) is 9.98 Å². The van der Waals surface area contributed by atoms with E-state index in [1.54, 1.807) is 19.2 Å². The van der Waals surface area contributed by atoms with Crippen LogP contribution in [0.25, 0.3) is 5.70 Å². The molecule has 0 saturated carbocycles. The standard InChI is InChI=1S/C23H31N7OS/c1-5-25-23-27-16(2)22(32-23)21(24)10-11-26-17(3)28-19-6-8-20(9-7-19)30-14-12-29(13-15-30)18(4)31/h6-11,28H,3,5,12-15,24H2,1-2,4H3,(H,25,27)/b21-10-,26-11?. The van der Waals surface area contributed by atoms with Crippen LogP contribution in [0.5, 0.6) is 0 Å². The number of carbonyl (C=O) groups excluding carboxylic acids is 1. The molecule has 2 heterocycles. The van der Waals surface area contributed by atoms with Gasteiger partial charge in [0.05, 0.1) is 16.3 Å². The number of aliphatic imine (C=N–C) groups is 1. The number of allylic oxidation sites excluding steroid dienone is 1. The lowest BCUT2D eigenvalue weighted by atomic mass is 10.2. The number of rotatable bonds is 8. The monoisotopic (exact) mass is 453 g/mol. The predicted octanol–water partition coefficient (Wildman–Crippen LogP) is 3.51. The van der Waals surface area contributed by atoms with Crippen LogP contribution < -0.4 is 21.3 Å². The van der Waals surface area contributed by atoms with Gasteiger partial charge in [0.1, 0.15) is 5.82 Å². The van der Waals surface area contributed by atoms with E-state index in [9.17, 15) is 4.79 Å². The molecule has 1 aliphatic heterocycles. The number of hydrogen-bond acceptors (Lipinski definition) is 8. The number of nitrogens with one attached hydrogen (secondary N) is 2. The molecule has 1 amide bonds. The van der Waals surface area contributed by atoms with Crippen LogP contribution in [0.4, 0.5) is 16.5 Å². The van der Waals surface area contributed by atoms with Gasteiger partial charge in [-0.05, 0) is 44.2 Å². The van der Waals surface area contributed by atoms with E-state index in [2.05, 4.69) is 44.2 Å². The van der Waals surface area contributed by atoms with E-state index in [0.29, 0.717) is 11.5 Å². The Morgan fingerprint density at radius 3 is 2.59 bits per heavy atom. The average Bonchev–Trinajstić information content (AvgIpc) is 3.14. The summed E-state index contributed by atoms with van der Waals surface area (Å²) in [6, 6.07) is 8.13. The zero-order valence-electron chi connectivity index (χ0n) is 18.9. The van der Waals surface area contributed by atoms with Crippen molar-refractivity contribution in [1.29, 1.82) is 0 Å². The van der Waals surface area contributed by atoms with Gasteiger partial charge in [-0.1, -0.05) is 17.9 Å². The maximum Gasteiger partial charge on any atom is 0.219 e. The van der Waals surface area contributed by atoms with Gasteiger partial charge in [0.25, 0.3) is 0 Å². The van der Waals surface area contributed by atoms with Crippen molar-refractivity contribution in [2.24, 2.45) is 10.7 Å². The second-order valence-corrected chi connectivity index (χ2v) is 8.47. The maximum atomic E-state index is 11.5. The summed E-state index contributed by atoms with van der Waals surface area (Å²) in [7, 11) is 0. The van der Waals surface area contributed by atoms with Gasteiger partial charge in [-0.3, -0.25) is 4.79 Å². The molecule has 0 unspecified atom stereocenters. The number of hydrogen-bond donors (Lipinski definition) is 3. The molecule has 170 valence electrons. The van der Waals surface area contributed by atoms with Crippen LogP contribution in [0, 0.1) is 6.92 Å². The fourth-order valence-corrected chi connectivity index (χ4v) is 4.38. The van der Waals surface area contributed by atoms with E-state index in [1.165, 1.54) is 11.3 Å². The van der Waals surface area contributed by atoms with Crippen molar-refractivity contribution in [2.75, 3.05) is 48.3 Å². The zero-order chi connectivity index (χ0) is 23.1. The Labute approximate surface area is 193 Å². The van der Waals surface area contributed by atoms with Crippen molar-refractivity contribution in [3.05, 3.63) is 53.3 Å². The number of aromatic nitrogens is 1. The minimum atomic E-state index is 0.139. The minimum Gasteiger partial charge on any atom is -0.397 e. The number of nitrogens with zero attached hydrogens (tertiary/aromatic N) is 4. The number of aryl methyl sites for hydroxylation is 1. The van der Waals surface area contributed by atoms with Gasteiger partial charge in [0, 0.05) is 57.2 Å². The summed E-state index contributed by atoms with van der Waals surface area (Å²) in [5.41, 5.74) is 9.75. The van der Waals surface area contributed by atoms with Crippen LogP contribution in [0.2, 0.25) is 0 Å². The highest BCUT2D eigenvalue weighted by atomic mass is 32.1. The molecular weight excluding hydrogens is 422 g/mol. The summed E-state index contributed by atoms with van der Waals surface area (Å²) in [5, 5.41) is 7.26. The van der Waals surface area contributed by atoms with E-state index in [0.717, 1.165) is 59.8 Å². The molecule has 0 radical (unpaired) electrons. The molecule has 1 aromatic heterocycles. The molecule has 1 saturated heterocycles. The number of thiazole rings is 1. The first kappa shape index (κ1) is 23.3. The smallest absolute Gasteiger partial charge is 0.219 e. The van der Waals surface area contributed by atoms with Crippen LogP contribution in [0.1, 0.15) is 24.4 Å². The van der Waals surface area contributed by atoms with Crippen LogP contribution in [0.3, 0.4) is 0 Å². The Hall–Kier alpha value is -3.33. The summed E-state index contributed by atoms with van der Waals surface area (Å²) in [6.45, 7) is 13.6. The second-order valence-electron chi connectivity index (χ2n) is 7.48. The lowest BCUT2D eigenvalue weighted by molar-refractivity contribution is -0.129. The van der Waals surface area contributed by atoms with Gasteiger partial charge in [-0.2, -0.15) is 0 Å². The third kappa shape index (κ3) is 6.10. The van der Waals surface area contributed by atoms with Crippen molar-refractivity contribution in [2.45, 2.75) is 20.8 Å². The van der Waals surface area contributed by atoms with E-state index >= 15 is 0 Å². The maximum absolute atomic E-state index is 11.5. The first-order valence-corrected chi connectivity index (χ1v) is 11.5. The van der Waals surface area contributed by atoms with Crippen LogP contribution >= 0.6 is 11.3 Å². The van der Waals surface area contributed by atoms with Crippen LogP contribution in [0.15, 0.2) is 47.7 Å². The molecule has 0 atom stereocenters. The summed E-state index contributed by atoms with van der Waals surface area (Å²) in [5.74, 6) is 0.659. The Balaban J connectivity index is 1.53. The summed E-state index contributed by atoms with van der Waals surface area (Å²) in [6.07, 6.45) is 3.40. The topological polar surface area (TPSA) is 98.9 Å². The Bertz CT molecular complexity index is 1000. The Kier molecular flexibility index (Phi) is 7.88. The fourth-order valence-electron chi connectivity index (χ4n) is 3.41. The molecule has 0 bridgehead atoms. The summed E-state index contributed by atoms with van der Waals surface area (Å²) in [4.78, 5) is 25.4. The lowest BCUT2D eigenvalue weighted by Gasteiger charge is -2.35. The molecule has 9 heteroatoms. The van der Waals surface area contributed by atoms with Gasteiger partial charge >= 0.3 is 0 Å². The number of carbonyl (C=O) groups is 1. The van der Waals surface area contributed by atoms with E-state index < -0.39 is 0 Å². The van der Waals surface area contributed by atoms with Gasteiger partial charge in [-0.15, -0.1) is 0 Å². The number of piperazine rings is 1. The van der Waals surface area contributed by atoms with Crippen molar-refractivity contribution < 1.29 is 4.79 Å². The molecule has 1 aromatic carbocycles. The van der Waals surface area contributed by atoms with Gasteiger partial charge in [0.2, 0.25) is 5.91 Å². The highest BCUT2D eigenvalue weighted by Crippen LogP contribution is 2.26. The highest BCUT2D eigenvalue weighted by Gasteiger charge is 2.18. The first-order valence-electron chi connectivity index (χ1n) is 10.6. The van der Waals surface area contributed by atoms with Crippen molar-refractivity contribution in [1.82, 2.24) is 9.88 Å². The van der Waals surface area contributed by atoms with E-state index in [1.807, 2.05) is 30.9 Å². The average molecular weight is 454 g/mol. The molecule has 3 rings (SSSR count). The van der Waals surface area contributed by atoms with E-state index in [4.69, 9.17) is 5.73 Å². The number of amides is 1. The molecule has 8 nitrogen and oxygen atoms in total. The normalized spacial score (nSPS) is 14.7. The SMILES string of the molecule is C=C(N=C/C=C(\N)c1sc(NCC)nc1C)Nc1ccc(N2CCN(C(C)=O)CC2)cc1. The minimum absolute atomic E-state index is 0.139. The van der Waals surface area contributed by atoms with Crippen molar-refractivity contribution in [3.63, 3.8) is 0 Å². The molecular formula is C23H31N7OS. The molecule has 2 aromatic rings. The van der Waals surface area contributed by atoms with Crippen LogP contribution in [-0.2, 0) is 4.79 Å². The molecule has 32 heavy (non-hydrogen) atoms. The number of benzene rings is 1. The quantitative estimate of drug-likeness (QED) is 0.529. The van der Waals surface area contributed by atoms with Crippen molar-refractivity contribution in [3.8, 4) is 0 Å². The second kappa shape index (κ2) is 10.8. The zero-order valence-corrected chi connectivity index (χ0v) is 19.7. The third-order valence-corrected chi connectivity index (χ3v) is 6.28. The van der Waals surface area contributed by atoms with Crippen LogP contribution in [-0.4, -0.2) is 54.7 Å². The molecule has 0 aliphatic carbocycles. The molecule has 0 spiro atoms. The number of anilines is 3. The van der Waals surface area contributed by atoms with Gasteiger partial charge < -0.3 is 26.2 Å². The van der Waals surface area contributed by atoms with Crippen molar-refractivity contribution >= 4 is 45.7 Å². The lowest BCUT2D eigenvalue weighted by Crippen LogP contribution is -2.48. The van der Waals surface area contributed by atoms with E-state index in [-0.39, 0.29) is 5.91 Å².